The van der Waals surface area contributed by atoms with Crippen molar-refractivity contribution in [3.63, 3.8) is 0 Å². The number of nitrogens with zero attached hydrogens (tertiary/aromatic N) is 1. The summed E-state index contributed by atoms with van der Waals surface area (Å²) in [5, 5.41) is 2.62. The molecule has 0 bridgehead atoms. The van der Waals surface area contributed by atoms with Crippen LogP contribution in [0.2, 0.25) is 0 Å². The van der Waals surface area contributed by atoms with Crippen LogP contribution in [-0.4, -0.2) is 4.57 Å². The molecule has 0 saturated carbocycles. The summed E-state index contributed by atoms with van der Waals surface area (Å²) in [6.45, 7) is 10.8. The lowest BCUT2D eigenvalue weighted by molar-refractivity contribution is 0.425. The van der Waals surface area contributed by atoms with Crippen molar-refractivity contribution in [1.82, 2.24) is 4.57 Å². The molecule has 0 aliphatic rings. The van der Waals surface area contributed by atoms with E-state index in [-0.39, 0.29) is 5.54 Å². The summed E-state index contributed by atoms with van der Waals surface area (Å²) in [5.74, 6) is 0. The van der Waals surface area contributed by atoms with Crippen LogP contribution in [0.5, 0.6) is 0 Å². The van der Waals surface area contributed by atoms with Gasteiger partial charge in [0.05, 0.1) is 16.6 Å². The summed E-state index contributed by atoms with van der Waals surface area (Å²) in [5.41, 5.74) is 2.29. The molecule has 154 valence electrons. The highest BCUT2D eigenvalue weighted by Gasteiger charge is 2.28. The summed E-state index contributed by atoms with van der Waals surface area (Å²) in [4.78, 5) is 0. The molecule has 0 radical (unpaired) electrons. The first kappa shape index (κ1) is 21.4. The van der Waals surface area contributed by atoms with E-state index in [0.29, 0.717) is 0 Å². The third kappa shape index (κ3) is 4.66. The first-order chi connectivity index (χ1) is 14.3. The predicted octanol–water partition coefficient (Wildman–Crippen LogP) is 8.78. The number of benzene rings is 2. The van der Waals surface area contributed by atoms with Gasteiger partial charge in [0.15, 0.2) is 0 Å². The van der Waals surface area contributed by atoms with E-state index in [4.69, 9.17) is 0 Å². The topological polar surface area (TPSA) is 4.93 Å². The van der Waals surface area contributed by atoms with E-state index in [1.54, 1.807) is 0 Å². The van der Waals surface area contributed by atoms with Crippen LogP contribution in [0, 0.1) is 0 Å². The maximum atomic E-state index is 4.24. The molecule has 1 nitrogen and oxygen atoms in total. The van der Waals surface area contributed by atoms with Gasteiger partial charge in [-0.05, 0) is 18.6 Å². The van der Waals surface area contributed by atoms with Crippen molar-refractivity contribution in [3.05, 3.63) is 73.8 Å². The number of para-hydroxylation sites is 2. The molecule has 0 fully saturated rings. The van der Waals surface area contributed by atoms with E-state index in [1.807, 2.05) is 0 Å². The van der Waals surface area contributed by atoms with Crippen molar-refractivity contribution >= 4 is 21.8 Å². The minimum Gasteiger partial charge on any atom is -0.327 e. The number of unbranched alkanes of at least 4 members (excludes halogenated alkanes) is 8. The number of allylic oxidation sites excluding steroid dienone is 2. The van der Waals surface area contributed by atoms with Crippen LogP contribution < -0.4 is 0 Å². The molecule has 0 unspecified atom stereocenters. The average Bonchev–Trinajstić information content (AvgIpc) is 3.11. The van der Waals surface area contributed by atoms with Gasteiger partial charge in [-0.3, -0.25) is 0 Å². The van der Waals surface area contributed by atoms with Crippen LogP contribution in [0.25, 0.3) is 21.8 Å². The maximum absolute atomic E-state index is 4.24. The Bertz CT molecular complexity index is 869. The number of hydrogen-bond donors (Lipinski definition) is 0. The number of hydrogen-bond acceptors (Lipinski definition) is 0. The van der Waals surface area contributed by atoms with Gasteiger partial charge in [0, 0.05) is 10.8 Å². The molecule has 0 amide bonds. The van der Waals surface area contributed by atoms with Gasteiger partial charge in [-0.15, -0.1) is 13.2 Å². The number of aromatic nitrogens is 1. The highest BCUT2D eigenvalue weighted by atomic mass is 15.1. The Hall–Kier alpha value is -2.28. The normalized spacial score (nSPS) is 11.9. The first-order valence-electron chi connectivity index (χ1n) is 11.5. The highest BCUT2D eigenvalue weighted by molar-refractivity contribution is 6.08. The molecule has 2 aromatic carbocycles. The molecule has 0 saturated heterocycles. The second-order valence-electron chi connectivity index (χ2n) is 8.35. The molecule has 3 rings (SSSR count). The Morgan fingerprint density at radius 2 is 1.14 bits per heavy atom. The Labute approximate surface area is 177 Å². The van der Waals surface area contributed by atoms with Crippen LogP contribution in [0.15, 0.2) is 73.8 Å². The Balaban J connectivity index is 1.74. The Morgan fingerprint density at radius 3 is 1.62 bits per heavy atom. The number of rotatable bonds is 13. The van der Waals surface area contributed by atoms with E-state index in [0.717, 1.165) is 6.42 Å². The van der Waals surface area contributed by atoms with E-state index in [2.05, 4.69) is 85.3 Å². The smallest absolute Gasteiger partial charge is 0.0812 e. The number of fused-ring (bicyclic) bond motifs is 3. The van der Waals surface area contributed by atoms with Crippen molar-refractivity contribution < 1.29 is 0 Å². The SMILES string of the molecule is C=CC(C=C)(CCCCCCCCCCC)n1c2ccccc2c2ccccc21. The van der Waals surface area contributed by atoms with Gasteiger partial charge >= 0.3 is 0 Å². The minimum atomic E-state index is -0.246. The van der Waals surface area contributed by atoms with E-state index >= 15 is 0 Å². The lowest BCUT2D eigenvalue weighted by Crippen LogP contribution is -2.28. The minimum absolute atomic E-state index is 0.246. The second-order valence-corrected chi connectivity index (χ2v) is 8.35. The third-order valence-electron chi connectivity index (χ3n) is 6.38. The van der Waals surface area contributed by atoms with Gasteiger partial charge in [0.1, 0.15) is 0 Å². The van der Waals surface area contributed by atoms with E-state index in [1.165, 1.54) is 79.6 Å². The molecule has 0 aliphatic carbocycles. The van der Waals surface area contributed by atoms with Gasteiger partial charge in [0.2, 0.25) is 0 Å². The molecule has 1 heterocycles. The summed E-state index contributed by atoms with van der Waals surface area (Å²) in [7, 11) is 0. The molecule has 1 aromatic heterocycles. The van der Waals surface area contributed by atoms with Gasteiger partial charge in [-0.1, -0.05) is 113 Å². The van der Waals surface area contributed by atoms with Crippen molar-refractivity contribution in [3.8, 4) is 0 Å². The summed E-state index contributed by atoms with van der Waals surface area (Å²) in [6.07, 6.45) is 17.4. The van der Waals surface area contributed by atoms with E-state index in [9.17, 15) is 0 Å². The Morgan fingerprint density at radius 1 is 0.690 bits per heavy atom. The fourth-order valence-corrected chi connectivity index (χ4v) is 4.67. The van der Waals surface area contributed by atoms with Crippen LogP contribution in [-0.2, 0) is 5.54 Å². The van der Waals surface area contributed by atoms with Crippen LogP contribution >= 0.6 is 0 Å². The standard InChI is InChI=1S/C28H37N/c1-4-7-8-9-10-11-12-13-18-23-28(5-2,6-3)29-26-21-16-14-19-24(26)25-20-15-17-22-27(25)29/h5-6,14-17,19-22H,2-4,7-13,18,23H2,1H3. The van der Waals surface area contributed by atoms with Gasteiger partial charge in [0.25, 0.3) is 0 Å². The van der Waals surface area contributed by atoms with Gasteiger partial charge in [-0.25, -0.2) is 0 Å². The lowest BCUT2D eigenvalue weighted by Gasteiger charge is -2.31. The molecule has 1 heteroatoms. The molecule has 0 spiro atoms. The monoisotopic (exact) mass is 387 g/mol. The summed E-state index contributed by atoms with van der Waals surface area (Å²) in [6, 6.07) is 17.4. The van der Waals surface area contributed by atoms with Crippen LogP contribution in [0.4, 0.5) is 0 Å². The zero-order chi connectivity index (χ0) is 20.5. The molecule has 0 atom stereocenters. The second kappa shape index (κ2) is 10.5. The van der Waals surface area contributed by atoms with Crippen LogP contribution in [0.3, 0.4) is 0 Å². The molecule has 3 aromatic rings. The van der Waals surface area contributed by atoms with Crippen molar-refractivity contribution in [2.24, 2.45) is 0 Å². The fraction of sp³-hybridized carbons (Fsp3) is 0.429. The molecule has 0 aliphatic heterocycles. The third-order valence-corrected chi connectivity index (χ3v) is 6.38. The zero-order valence-corrected chi connectivity index (χ0v) is 18.2. The van der Waals surface area contributed by atoms with Crippen molar-refractivity contribution in [2.75, 3.05) is 0 Å². The quantitative estimate of drug-likeness (QED) is 0.204. The average molecular weight is 388 g/mol. The molecular weight excluding hydrogens is 350 g/mol. The fourth-order valence-electron chi connectivity index (χ4n) is 4.67. The van der Waals surface area contributed by atoms with E-state index < -0.39 is 0 Å². The van der Waals surface area contributed by atoms with Crippen LogP contribution in [0.1, 0.15) is 71.1 Å². The van der Waals surface area contributed by atoms with Crippen molar-refractivity contribution in [1.29, 1.82) is 0 Å². The van der Waals surface area contributed by atoms with Crippen molar-refractivity contribution in [2.45, 2.75) is 76.7 Å². The molecule has 0 N–H and O–H groups in total. The highest BCUT2D eigenvalue weighted by Crippen LogP contribution is 2.38. The first-order valence-corrected chi connectivity index (χ1v) is 11.5. The van der Waals surface area contributed by atoms with Gasteiger partial charge in [-0.2, -0.15) is 0 Å². The summed E-state index contributed by atoms with van der Waals surface area (Å²) < 4.78 is 2.46. The summed E-state index contributed by atoms with van der Waals surface area (Å²) >= 11 is 0. The maximum Gasteiger partial charge on any atom is 0.0812 e. The van der Waals surface area contributed by atoms with Gasteiger partial charge < -0.3 is 4.57 Å². The largest absolute Gasteiger partial charge is 0.327 e. The Kier molecular flexibility index (Phi) is 7.75. The predicted molar refractivity (Wildman–Crippen MR) is 130 cm³/mol. The molecular formula is C28H37N. The lowest BCUT2D eigenvalue weighted by atomic mass is 9.91. The molecule has 29 heavy (non-hydrogen) atoms. The zero-order valence-electron chi connectivity index (χ0n) is 18.2.